The first kappa shape index (κ1) is 10.5. The van der Waals surface area contributed by atoms with E-state index in [1.54, 1.807) is 18.5 Å². The van der Waals surface area contributed by atoms with Crippen molar-refractivity contribution in [3.8, 4) is 0 Å². The Morgan fingerprint density at radius 3 is 2.44 bits per heavy atom. The normalized spacial score (nSPS) is 10.0. The molecule has 0 unspecified atom stereocenters. The van der Waals surface area contributed by atoms with Gasteiger partial charge >= 0.3 is 5.97 Å². The fourth-order valence-corrected chi connectivity index (χ4v) is 1.72. The van der Waals surface area contributed by atoms with Gasteiger partial charge in [-0.1, -0.05) is 0 Å². The predicted octanol–water partition coefficient (Wildman–Crippen LogP) is 1.12. The minimum atomic E-state index is -1.12. The lowest BCUT2D eigenvalue weighted by molar-refractivity contribution is 0.0685. The molecule has 0 fully saturated rings. The molecule has 0 saturated heterocycles. The maximum absolute atomic E-state index is 10.9. The number of rotatable bonds is 3. The van der Waals surface area contributed by atoms with E-state index in [-0.39, 0.29) is 10.7 Å². The van der Waals surface area contributed by atoms with Crippen LogP contribution in [0.15, 0.2) is 41.0 Å². The van der Waals surface area contributed by atoms with E-state index in [9.17, 15) is 4.79 Å². The number of carboxylic acids is 1. The van der Waals surface area contributed by atoms with Gasteiger partial charge in [-0.15, -0.1) is 0 Å². The Morgan fingerprint density at radius 1 is 1.06 bits per heavy atom. The number of aromatic nitrogens is 4. The summed E-state index contributed by atoms with van der Waals surface area (Å²) in [5.74, 6) is -1.12. The second-order valence-corrected chi connectivity index (χ2v) is 3.60. The van der Waals surface area contributed by atoms with Crippen LogP contribution in [0.4, 0.5) is 0 Å². The van der Waals surface area contributed by atoms with E-state index < -0.39 is 5.97 Å². The molecule has 0 bridgehead atoms. The maximum Gasteiger partial charge on any atom is 0.357 e. The summed E-state index contributed by atoms with van der Waals surface area (Å²) in [6, 6.07) is 1.68. The first-order chi connectivity index (χ1) is 7.77. The summed E-state index contributed by atoms with van der Waals surface area (Å²) in [6.45, 7) is 0. The molecule has 0 atom stereocenters. The molecule has 0 aromatic carbocycles. The molecule has 80 valence electrons. The molecule has 1 N–H and O–H groups in total. The Bertz CT molecular complexity index is 506. The maximum atomic E-state index is 10.9. The van der Waals surface area contributed by atoms with E-state index in [1.165, 1.54) is 12.4 Å². The highest BCUT2D eigenvalue weighted by Gasteiger charge is 2.14. The van der Waals surface area contributed by atoms with Crippen LogP contribution in [0.1, 0.15) is 10.5 Å². The minimum absolute atomic E-state index is 0.0973. The molecular weight excluding hydrogens is 228 g/mol. The monoisotopic (exact) mass is 234 g/mol. The van der Waals surface area contributed by atoms with E-state index in [1.807, 2.05) is 0 Å². The highest BCUT2D eigenvalue weighted by molar-refractivity contribution is 7.99. The lowest BCUT2D eigenvalue weighted by Crippen LogP contribution is -2.04. The average molecular weight is 234 g/mol. The van der Waals surface area contributed by atoms with Gasteiger partial charge in [0.05, 0.1) is 0 Å². The first-order valence-corrected chi connectivity index (χ1v) is 5.08. The molecule has 0 aliphatic rings. The van der Waals surface area contributed by atoms with Crippen LogP contribution >= 0.6 is 11.8 Å². The van der Waals surface area contributed by atoms with Gasteiger partial charge in [0.2, 0.25) is 0 Å². The summed E-state index contributed by atoms with van der Waals surface area (Å²) in [5.41, 5.74) is -0.0973. The number of hydrogen-bond acceptors (Lipinski definition) is 6. The zero-order valence-electron chi connectivity index (χ0n) is 7.94. The molecule has 16 heavy (non-hydrogen) atoms. The van der Waals surface area contributed by atoms with E-state index in [2.05, 4.69) is 19.9 Å². The number of hydrogen-bond donors (Lipinski definition) is 1. The zero-order chi connectivity index (χ0) is 11.4. The van der Waals surface area contributed by atoms with E-state index in [0.29, 0.717) is 5.16 Å². The molecule has 0 spiro atoms. The quantitative estimate of drug-likeness (QED) is 0.796. The van der Waals surface area contributed by atoms with Crippen molar-refractivity contribution in [3.63, 3.8) is 0 Å². The summed E-state index contributed by atoms with van der Waals surface area (Å²) in [4.78, 5) is 26.5. The summed E-state index contributed by atoms with van der Waals surface area (Å²) < 4.78 is 0. The molecule has 0 aliphatic carbocycles. The fraction of sp³-hybridized carbons (Fsp3) is 0. The molecular formula is C9H6N4O2S. The summed E-state index contributed by atoms with van der Waals surface area (Å²) >= 11 is 1.07. The Hall–Kier alpha value is -2.02. The number of nitrogens with zero attached hydrogens (tertiary/aromatic N) is 4. The molecule has 2 aromatic rings. The molecule has 0 aliphatic heterocycles. The van der Waals surface area contributed by atoms with Crippen LogP contribution in [0.3, 0.4) is 0 Å². The second-order valence-electron chi connectivity index (χ2n) is 2.65. The SMILES string of the molecule is O=C(O)c1nccnc1Sc1ncccn1. The van der Waals surface area contributed by atoms with Crippen LogP contribution in [0.2, 0.25) is 0 Å². The van der Waals surface area contributed by atoms with Crippen LogP contribution in [0.25, 0.3) is 0 Å². The van der Waals surface area contributed by atoms with Gasteiger partial charge in [-0.05, 0) is 17.8 Å². The van der Waals surface area contributed by atoms with Crippen LogP contribution in [0.5, 0.6) is 0 Å². The molecule has 0 amide bonds. The molecule has 2 aromatic heterocycles. The van der Waals surface area contributed by atoms with Crippen molar-refractivity contribution in [2.75, 3.05) is 0 Å². The van der Waals surface area contributed by atoms with E-state index >= 15 is 0 Å². The van der Waals surface area contributed by atoms with Gasteiger partial charge in [-0.25, -0.2) is 24.7 Å². The summed E-state index contributed by atoms with van der Waals surface area (Å²) in [5, 5.41) is 9.60. The van der Waals surface area contributed by atoms with Gasteiger partial charge < -0.3 is 5.11 Å². The number of aromatic carboxylic acids is 1. The standard InChI is InChI=1S/C9H6N4O2S/c14-8(15)6-7(11-5-4-10-6)16-9-12-2-1-3-13-9/h1-5H,(H,14,15). The van der Waals surface area contributed by atoms with Gasteiger partial charge in [-0.2, -0.15) is 0 Å². The minimum Gasteiger partial charge on any atom is -0.476 e. The topological polar surface area (TPSA) is 88.9 Å². The summed E-state index contributed by atoms with van der Waals surface area (Å²) in [6.07, 6.45) is 5.91. The van der Waals surface area contributed by atoms with Crippen molar-refractivity contribution in [2.24, 2.45) is 0 Å². The molecule has 2 heterocycles. The van der Waals surface area contributed by atoms with Crippen LogP contribution in [-0.4, -0.2) is 31.0 Å². The van der Waals surface area contributed by atoms with Gasteiger partial charge in [0.25, 0.3) is 0 Å². The smallest absolute Gasteiger partial charge is 0.357 e. The molecule has 7 heteroatoms. The largest absolute Gasteiger partial charge is 0.476 e. The molecule has 6 nitrogen and oxygen atoms in total. The third-order valence-electron chi connectivity index (χ3n) is 1.60. The van der Waals surface area contributed by atoms with Crippen molar-refractivity contribution < 1.29 is 9.90 Å². The lowest BCUT2D eigenvalue weighted by atomic mass is 10.5. The van der Waals surface area contributed by atoms with E-state index in [4.69, 9.17) is 5.11 Å². The number of carbonyl (C=O) groups is 1. The van der Waals surface area contributed by atoms with E-state index in [0.717, 1.165) is 11.8 Å². The third kappa shape index (κ3) is 2.31. The van der Waals surface area contributed by atoms with Crippen molar-refractivity contribution in [1.82, 2.24) is 19.9 Å². The number of carboxylic acid groups (broad SMARTS) is 1. The molecule has 0 saturated carbocycles. The zero-order valence-corrected chi connectivity index (χ0v) is 8.76. The van der Waals surface area contributed by atoms with Gasteiger partial charge in [0.15, 0.2) is 10.9 Å². The Labute approximate surface area is 94.8 Å². The Balaban J connectivity index is 2.31. The van der Waals surface area contributed by atoms with Gasteiger partial charge in [-0.3, -0.25) is 0 Å². The van der Waals surface area contributed by atoms with Crippen molar-refractivity contribution in [1.29, 1.82) is 0 Å². The first-order valence-electron chi connectivity index (χ1n) is 4.26. The van der Waals surface area contributed by atoms with Crippen LogP contribution in [-0.2, 0) is 0 Å². The van der Waals surface area contributed by atoms with Gasteiger partial charge in [0, 0.05) is 24.8 Å². The highest BCUT2D eigenvalue weighted by atomic mass is 32.2. The Morgan fingerprint density at radius 2 is 1.75 bits per heavy atom. The third-order valence-corrected chi connectivity index (χ3v) is 2.48. The average Bonchev–Trinajstić information content (AvgIpc) is 2.31. The fourth-order valence-electron chi connectivity index (χ4n) is 0.971. The van der Waals surface area contributed by atoms with Crippen LogP contribution < -0.4 is 0 Å². The Kier molecular flexibility index (Phi) is 3.06. The van der Waals surface area contributed by atoms with Gasteiger partial charge in [0.1, 0.15) is 5.03 Å². The lowest BCUT2D eigenvalue weighted by Gasteiger charge is -2.01. The van der Waals surface area contributed by atoms with Crippen LogP contribution in [0, 0.1) is 0 Å². The van der Waals surface area contributed by atoms with Crippen molar-refractivity contribution in [2.45, 2.75) is 10.2 Å². The molecule has 2 rings (SSSR count). The molecule has 0 radical (unpaired) electrons. The predicted molar refractivity (Wildman–Crippen MR) is 55.1 cm³/mol. The highest BCUT2D eigenvalue weighted by Crippen LogP contribution is 2.23. The van der Waals surface area contributed by atoms with Crippen molar-refractivity contribution >= 4 is 17.7 Å². The summed E-state index contributed by atoms with van der Waals surface area (Å²) in [7, 11) is 0. The van der Waals surface area contributed by atoms with Crippen molar-refractivity contribution in [3.05, 3.63) is 36.5 Å². The second kappa shape index (κ2) is 4.67.